The average Bonchev–Trinajstić information content (AvgIpc) is 2.95. The van der Waals surface area contributed by atoms with E-state index in [4.69, 9.17) is 4.74 Å². The van der Waals surface area contributed by atoms with Gasteiger partial charge in [-0.15, -0.1) is 0 Å². The minimum absolute atomic E-state index is 0.0219. The zero-order valence-corrected chi connectivity index (χ0v) is 23.3. The minimum Gasteiger partial charge on any atom is -0.497 e. The zero-order chi connectivity index (χ0) is 28.6. The lowest BCUT2D eigenvalue weighted by molar-refractivity contribution is -0.139. The van der Waals surface area contributed by atoms with Gasteiger partial charge in [-0.2, -0.15) is 0 Å². The SMILES string of the molecule is CC[C@H](C)NC(=O)[C@@H](C)N(Cc1ccc(OC)cc1)C(=O)CN(c1ccc(F)cc1)S(=O)(=O)c1ccccc1. The van der Waals surface area contributed by atoms with Gasteiger partial charge in [-0.1, -0.05) is 37.3 Å². The standard InChI is InChI=1S/C29H34FN3O5S/c1-5-21(2)31-29(35)22(3)32(19-23-11-17-26(38-4)18-12-23)28(34)20-33(25-15-13-24(30)14-16-25)39(36,37)27-9-7-6-8-10-27/h6-18,21-22H,5,19-20H2,1-4H3,(H,31,35)/t21-,22+/m0/s1. The molecular formula is C29H34FN3O5S. The molecule has 2 amide bonds. The van der Waals surface area contributed by atoms with Crippen LogP contribution in [0.15, 0.2) is 83.8 Å². The molecule has 0 aliphatic heterocycles. The minimum atomic E-state index is -4.20. The Kier molecular flexibility index (Phi) is 10.1. The van der Waals surface area contributed by atoms with Crippen LogP contribution in [0.1, 0.15) is 32.8 Å². The monoisotopic (exact) mass is 555 g/mol. The van der Waals surface area contributed by atoms with Crippen LogP contribution < -0.4 is 14.4 Å². The third-order valence-electron chi connectivity index (χ3n) is 6.40. The molecule has 8 nitrogen and oxygen atoms in total. The Morgan fingerprint density at radius 2 is 1.56 bits per heavy atom. The largest absolute Gasteiger partial charge is 0.497 e. The van der Waals surface area contributed by atoms with Crippen molar-refractivity contribution in [3.63, 3.8) is 0 Å². The summed E-state index contributed by atoms with van der Waals surface area (Å²) < 4.78 is 47.2. The third-order valence-corrected chi connectivity index (χ3v) is 8.19. The number of sulfonamides is 1. The van der Waals surface area contributed by atoms with Crippen molar-refractivity contribution in [3.8, 4) is 5.75 Å². The molecule has 0 saturated carbocycles. The molecule has 10 heteroatoms. The summed E-state index contributed by atoms with van der Waals surface area (Å²) in [7, 11) is -2.66. The first-order chi connectivity index (χ1) is 18.6. The van der Waals surface area contributed by atoms with E-state index >= 15 is 0 Å². The maximum absolute atomic E-state index is 13.8. The topological polar surface area (TPSA) is 96.0 Å². The summed E-state index contributed by atoms with van der Waals surface area (Å²) in [5.41, 5.74) is 0.848. The van der Waals surface area contributed by atoms with E-state index < -0.39 is 34.3 Å². The number of rotatable bonds is 12. The highest BCUT2D eigenvalue weighted by Crippen LogP contribution is 2.25. The number of hydrogen-bond donors (Lipinski definition) is 1. The van der Waals surface area contributed by atoms with Gasteiger partial charge in [0, 0.05) is 12.6 Å². The summed E-state index contributed by atoms with van der Waals surface area (Å²) in [6.45, 7) is 4.86. The lowest BCUT2D eigenvalue weighted by atomic mass is 10.1. The second-order valence-electron chi connectivity index (χ2n) is 9.16. The van der Waals surface area contributed by atoms with Gasteiger partial charge in [0.2, 0.25) is 11.8 Å². The number of benzene rings is 3. The van der Waals surface area contributed by atoms with Crippen molar-refractivity contribution in [2.24, 2.45) is 0 Å². The first-order valence-corrected chi connectivity index (χ1v) is 14.1. The zero-order valence-electron chi connectivity index (χ0n) is 22.5. The Labute approximate surface area is 229 Å². The van der Waals surface area contributed by atoms with E-state index in [1.54, 1.807) is 56.5 Å². The number of methoxy groups -OCH3 is 1. The van der Waals surface area contributed by atoms with Crippen LogP contribution in [0.4, 0.5) is 10.1 Å². The van der Waals surface area contributed by atoms with Gasteiger partial charge in [-0.25, -0.2) is 12.8 Å². The average molecular weight is 556 g/mol. The quantitative estimate of drug-likeness (QED) is 0.358. The van der Waals surface area contributed by atoms with Crippen molar-refractivity contribution in [1.82, 2.24) is 10.2 Å². The van der Waals surface area contributed by atoms with Gasteiger partial charge in [0.1, 0.15) is 24.2 Å². The second kappa shape index (κ2) is 13.2. The van der Waals surface area contributed by atoms with E-state index in [-0.39, 0.29) is 29.1 Å². The Morgan fingerprint density at radius 1 is 0.949 bits per heavy atom. The molecule has 3 aromatic rings. The van der Waals surface area contributed by atoms with Crippen LogP contribution in [-0.4, -0.2) is 50.9 Å². The van der Waals surface area contributed by atoms with E-state index in [9.17, 15) is 22.4 Å². The van der Waals surface area contributed by atoms with Gasteiger partial charge < -0.3 is 15.0 Å². The van der Waals surface area contributed by atoms with Crippen molar-refractivity contribution >= 4 is 27.5 Å². The number of carbonyl (C=O) groups is 2. The summed E-state index contributed by atoms with van der Waals surface area (Å²) in [6, 6.07) is 18.6. The molecule has 0 heterocycles. The molecule has 3 aromatic carbocycles. The van der Waals surface area contributed by atoms with Gasteiger partial charge in [-0.3, -0.25) is 13.9 Å². The lowest BCUT2D eigenvalue weighted by Gasteiger charge is -2.32. The maximum atomic E-state index is 13.8. The summed E-state index contributed by atoms with van der Waals surface area (Å²) in [5.74, 6) is -0.860. The Hall–Kier alpha value is -3.92. The van der Waals surface area contributed by atoms with Crippen molar-refractivity contribution in [3.05, 3.63) is 90.2 Å². The number of anilines is 1. The molecule has 0 aliphatic carbocycles. The molecule has 2 atom stereocenters. The van der Waals surface area contributed by atoms with E-state index in [1.807, 2.05) is 13.8 Å². The molecule has 39 heavy (non-hydrogen) atoms. The second-order valence-corrected chi connectivity index (χ2v) is 11.0. The van der Waals surface area contributed by atoms with Crippen LogP contribution in [0.5, 0.6) is 5.75 Å². The fourth-order valence-electron chi connectivity index (χ4n) is 3.83. The Bertz CT molecular complexity index is 1350. The number of carbonyl (C=O) groups excluding carboxylic acids is 2. The van der Waals surface area contributed by atoms with Crippen molar-refractivity contribution in [1.29, 1.82) is 0 Å². The normalized spacial score (nSPS) is 12.7. The number of hydrogen-bond acceptors (Lipinski definition) is 5. The number of nitrogens with one attached hydrogen (secondary N) is 1. The molecule has 0 unspecified atom stereocenters. The van der Waals surface area contributed by atoms with Crippen molar-refractivity contribution in [2.75, 3.05) is 18.0 Å². The van der Waals surface area contributed by atoms with Crippen LogP contribution in [0.2, 0.25) is 0 Å². The first-order valence-electron chi connectivity index (χ1n) is 12.6. The van der Waals surface area contributed by atoms with E-state index in [0.717, 1.165) is 22.0 Å². The molecule has 1 N–H and O–H groups in total. The number of amides is 2. The third kappa shape index (κ3) is 7.57. The smallest absolute Gasteiger partial charge is 0.264 e. The molecule has 0 bridgehead atoms. The summed E-state index contributed by atoms with van der Waals surface area (Å²) in [4.78, 5) is 28.2. The van der Waals surface area contributed by atoms with Crippen molar-refractivity contribution in [2.45, 2.75) is 50.7 Å². The summed E-state index contributed by atoms with van der Waals surface area (Å²) in [6.07, 6.45) is 0.707. The molecule has 0 radical (unpaired) electrons. The van der Waals surface area contributed by atoms with Gasteiger partial charge in [0.25, 0.3) is 10.0 Å². The molecule has 0 saturated heterocycles. The van der Waals surface area contributed by atoms with Gasteiger partial charge in [0.05, 0.1) is 17.7 Å². The molecule has 0 spiro atoms. The lowest BCUT2D eigenvalue weighted by Crippen LogP contribution is -2.52. The molecular weight excluding hydrogens is 521 g/mol. The maximum Gasteiger partial charge on any atom is 0.264 e. The Morgan fingerprint density at radius 3 is 2.13 bits per heavy atom. The van der Waals surface area contributed by atoms with Gasteiger partial charge in [-0.05, 0) is 74.4 Å². The molecule has 0 aromatic heterocycles. The molecule has 0 aliphatic rings. The molecule has 0 fully saturated rings. The van der Waals surface area contributed by atoms with Gasteiger partial charge >= 0.3 is 0 Å². The fourth-order valence-corrected chi connectivity index (χ4v) is 5.27. The highest BCUT2D eigenvalue weighted by molar-refractivity contribution is 7.92. The van der Waals surface area contributed by atoms with Crippen LogP contribution >= 0.6 is 0 Å². The number of nitrogens with zero attached hydrogens (tertiary/aromatic N) is 2. The summed E-state index contributed by atoms with van der Waals surface area (Å²) in [5, 5.41) is 2.89. The van der Waals surface area contributed by atoms with Crippen LogP contribution in [0.25, 0.3) is 0 Å². The van der Waals surface area contributed by atoms with E-state index in [2.05, 4.69) is 5.32 Å². The Balaban J connectivity index is 2.00. The highest BCUT2D eigenvalue weighted by atomic mass is 32.2. The van der Waals surface area contributed by atoms with E-state index in [0.29, 0.717) is 12.2 Å². The van der Waals surface area contributed by atoms with E-state index in [1.165, 1.54) is 29.2 Å². The fraction of sp³-hybridized carbons (Fsp3) is 0.310. The predicted octanol–water partition coefficient (Wildman–Crippen LogP) is 4.36. The van der Waals surface area contributed by atoms with Crippen LogP contribution in [0, 0.1) is 5.82 Å². The van der Waals surface area contributed by atoms with Gasteiger partial charge in [0.15, 0.2) is 0 Å². The first kappa shape index (κ1) is 29.6. The number of halogens is 1. The van der Waals surface area contributed by atoms with Crippen LogP contribution in [-0.2, 0) is 26.2 Å². The number of ether oxygens (including phenoxy) is 1. The van der Waals surface area contributed by atoms with Crippen LogP contribution in [0.3, 0.4) is 0 Å². The molecule has 208 valence electrons. The summed E-state index contributed by atoms with van der Waals surface area (Å²) >= 11 is 0. The predicted molar refractivity (Wildman–Crippen MR) is 148 cm³/mol. The molecule has 3 rings (SSSR count). The van der Waals surface area contributed by atoms with Crippen molar-refractivity contribution < 1.29 is 27.1 Å². The highest BCUT2D eigenvalue weighted by Gasteiger charge is 2.32.